The molecule has 6 rings (SSSR count). The van der Waals surface area contributed by atoms with Crippen molar-refractivity contribution in [3.8, 4) is 22.6 Å². The van der Waals surface area contributed by atoms with E-state index in [9.17, 15) is 29.7 Å². The number of anilines is 1. The molecule has 3 aliphatic rings. The summed E-state index contributed by atoms with van der Waals surface area (Å²) in [5.41, 5.74) is 0.333. The van der Waals surface area contributed by atoms with Gasteiger partial charge in [-0.3, -0.25) is 9.59 Å². The van der Waals surface area contributed by atoms with Crippen molar-refractivity contribution in [2.75, 3.05) is 5.32 Å². The molecule has 1 aliphatic heterocycles. The number of hydrogen-bond acceptors (Lipinski definition) is 7. The van der Waals surface area contributed by atoms with Crippen LogP contribution < -0.4 is 5.32 Å². The smallest absolute Gasteiger partial charge is 0.337 e. The highest BCUT2D eigenvalue weighted by Gasteiger charge is 2.66. The molecule has 0 radical (unpaired) electrons. The number of ether oxygens (including phenoxy) is 1. The number of carboxylic acids is 1. The van der Waals surface area contributed by atoms with Gasteiger partial charge in [-0.15, -0.1) is 0 Å². The number of carbonyl (C=O) groups is 3. The van der Waals surface area contributed by atoms with Crippen LogP contribution in [0.2, 0.25) is 0 Å². The molecule has 2 aliphatic carbocycles. The van der Waals surface area contributed by atoms with Crippen molar-refractivity contribution in [2.24, 2.45) is 0 Å². The van der Waals surface area contributed by atoms with Gasteiger partial charge in [0, 0.05) is 33.5 Å². The molecular formula is C25H17NO7. The molecule has 1 heterocycles. The zero-order chi connectivity index (χ0) is 23.2. The van der Waals surface area contributed by atoms with Crippen LogP contribution in [0, 0.1) is 0 Å². The minimum Gasteiger partial charge on any atom is -0.507 e. The van der Waals surface area contributed by atoms with E-state index in [1.165, 1.54) is 24.3 Å². The van der Waals surface area contributed by atoms with E-state index in [2.05, 4.69) is 5.32 Å². The predicted molar refractivity (Wildman–Crippen MR) is 116 cm³/mol. The summed E-state index contributed by atoms with van der Waals surface area (Å²) >= 11 is 0. The zero-order valence-corrected chi connectivity index (χ0v) is 17.2. The number of Topliss-reactive ketones (excluding diaryl/α,β-unsaturated/α-hetero) is 1. The summed E-state index contributed by atoms with van der Waals surface area (Å²) < 4.78 is 5.78. The van der Waals surface area contributed by atoms with E-state index in [0.717, 1.165) is 0 Å². The second-order valence-corrected chi connectivity index (χ2v) is 8.58. The van der Waals surface area contributed by atoms with Gasteiger partial charge in [0.15, 0.2) is 17.2 Å². The monoisotopic (exact) mass is 443 g/mol. The summed E-state index contributed by atoms with van der Waals surface area (Å²) in [4.78, 5) is 38.4. The normalized spacial score (nSPS) is 23.9. The zero-order valence-electron chi connectivity index (χ0n) is 17.2. The van der Waals surface area contributed by atoms with Crippen LogP contribution >= 0.6 is 0 Å². The van der Waals surface area contributed by atoms with Crippen molar-refractivity contribution in [3.63, 3.8) is 0 Å². The first-order chi connectivity index (χ1) is 15.7. The van der Waals surface area contributed by atoms with Gasteiger partial charge in [-0.05, 0) is 36.8 Å². The second-order valence-electron chi connectivity index (χ2n) is 8.58. The van der Waals surface area contributed by atoms with Crippen LogP contribution in [0.4, 0.5) is 5.69 Å². The van der Waals surface area contributed by atoms with Gasteiger partial charge in [-0.1, -0.05) is 24.3 Å². The quantitative estimate of drug-likeness (QED) is 0.353. The van der Waals surface area contributed by atoms with Crippen LogP contribution in [0.1, 0.15) is 55.2 Å². The maximum absolute atomic E-state index is 13.4. The fraction of sp³-hybridized carbons (Fsp3) is 0.160. The number of phenolic OH excluding ortho intramolecular Hbond substituents is 2. The Balaban J connectivity index is 1.61. The van der Waals surface area contributed by atoms with E-state index >= 15 is 0 Å². The molecule has 0 amide bonds. The van der Waals surface area contributed by atoms with E-state index in [1.807, 2.05) is 0 Å². The van der Waals surface area contributed by atoms with Gasteiger partial charge in [0.2, 0.25) is 0 Å². The van der Waals surface area contributed by atoms with Gasteiger partial charge in [0.1, 0.15) is 17.6 Å². The van der Waals surface area contributed by atoms with E-state index in [0.29, 0.717) is 11.3 Å². The van der Waals surface area contributed by atoms with Gasteiger partial charge >= 0.3 is 5.97 Å². The summed E-state index contributed by atoms with van der Waals surface area (Å²) in [6.07, 6.45) is -0.641. The standard InChI is InChI=1S/C25H17NO7/c1-25-22(30)12-9-15(28)18-16-11(6-4-8-14(16)27)21(29)19(18)17(12)20(23(25)33-25)26-13-7-3-2-5-10(13)24(31)32/h2-9,20,23,26-28H,1H3,(H,31,32)/t20-,23+,25-/m1/s1. The minimum atomic E-state index is -1.15. The highest BCUT2D eigenvalue weighted by molar-refractivity contribution is 6.26. The number of phenols is 2. The number of hydrogen-bond donors (Lipinski definition) is 4. The number of fused-ring (bicyclic) bond motifs is 6. The number of aromatic hydroxyl groups is 2. The fourth-order valence-corrected chi connectivity index (χ4v) is 5.14. The Bertz CT molecular complexity index is 1440. The summed E-state index contributed by atoms with van der Waals surface area (Å²) in [5, 5.41) is 34.0. The van der Waals surface area contributed by atoms with Crippen molar-refractivity contribution in [1.82, 2.24) is 0 Å². The molecule has 3 aromatic rings. The third kappa shape index (κ3) is 2.41. The fourth-order valence-electron chi connectivity index (χ4n) is 5.14. The molecule has 0 saturated carbocycles. The van der Waals surface area contributed by atoms with Crippen LogP contribution in [0.25, 0.3) is 11.1 Å². The van der Waals surface area contributed by atoms with Crippen molar-refractivity contribution >= 4 is 23.2 Å². The topological polar surface area (TPSA) is 136 Å². The molecule has 4 N–H and O–H groups in total. The van der Waals surface area contributed by atoms with Crippen molar-refractivity contribution < 1.29 is 34.4 Å². The number of aromatic carboxylic acids is 1. The number of ketones is 2. The lowest BCUT2D eigenvalue weighted by atomic mass is 9.76. The average molecular weight is 443 g/mol. The molecule has 8 heteroatoms. The van der Waals surface area contributed by atoms with E-state index < -0.39 is 29.5 Å². The van der Waals surface area contributed by atoms with Crippen LogP contribution in [-0.4, -0.2) is 44.6 Å². The third-order valence-electron chi connectivity index (χ3n) is 6.75. The lowest BCUT2D eigenvalue weighted by Gasteiger charge is -2.29. The molecule has 0 bridgehead atoms. The molecule has 3 aromatic carbocycles. The number of para-hydroxylation sites is 1. The van der Waals surface area contributed by atoms with Gasteiger partial charge < -0.3 is 25.4 Å². The molecule has 0 aromatic heterocycles. The first-order valence-electron chi connectivity index (χ1n) is 10.3. The Morgan fingerprint density at radius 2 is 1.73 bits per heavy atom. The van der Waals surface area contributed by atoms with Crippen LogP contribution in [0.15, 0.2) is 48.5 Å². The van der Waals surface area contributed by atoms with Gasteiger partial charge in [0.25, 0.3) is 0 Å². The van der Waals surface area contributed by atoms with Gasteiger partial charge in [-0.2, -0.15) is 0 Å². The molecule has 8 nitrogen and oxygen atoms in total. The number of nitrogens with one attached hydrogen (secondary N) is 1. The number of benzene rings is 3. The first kappa shape index (κ1) is 19.5. The number of rotatable bonds is 3. The lowest BCUT2D eigenvalue weighted by Crippen LogP contribution is -2.37. The van der Waals surface area contributed by atoms with Gasteiger partial charge in [0.05, 0.1) is 11.6 Å². The molecule has 0 spiro atoms. The Hall–Kier alpha value is -4.17. The first-order valence-corrected chi connectivity index (χ1v) is 10.3. The molecule has 1 saturated heterocycles. The van der Waals surface area contributed by atoms with E-state index in [-0.39, 0.29) is 50.7 Å². The molecule has 0 unspecified atom stereocenters. The van der Waals surface area contributed by atoms with Crippen LogP contribution in [-0.2, 0) is 4.74 Å². The molecule has 1 fully saturated rings. The molecule has 3 atom stereocenters. The highest BCUT2D eigenvalue weighted by atomic mass is 16.6. The summed E-state index contributed by atoms with van der Waals surface area (Å²) in [5.74, 6) is -2.38. The van der Waals surface area contributed by atoms with Crippen molar-refractivity contribution in [2.45, 2.75) is 24.7 Å². The maximum atomic E-state index is 13.4. The number of carboxylic acid groups (broad SMARTS) is 1. The lowest BCUT2D eigenvalue weighted by molar-refractivity contribution is 0.0697. The summed E-state index contributed by atoms with van der Waals surface area (Å²) in [6.45, 7) is 1.63. The minimum absolute atomic E-state index is 0.0287. The van der Waals surface area contributed by atoms with Gasteiger partial charge in [-0.25, -0.2) is 4.79 Å². The summed E-state index contributed by atoms with van der Waals surface area (Å²) in [6, 6.07) is 11.4. The Kier molecular flexibility index (Phi) is 3.67. The SMILES string of the molecule is C[C@]12O[C@H]1[C@H](Nc1ccccc1C(=O)O)c1c(cc(O)c3c1C(=O)c1cccc(O)c1-3)C2=O. The summed E-state index contributed by atoms with van der Waals surface area (Å²) in [7, 11) is 0. The Morgan fingerprint density at radius 3 is 2.48 bits per heavy atom. The molecule has 164 valence electrons. The number of epoxide rings is 1. The average Bonchev–Trinajstić information content (AvgIpc) is 3.40. The highest BCUT2D eigenvalue weighted by Crippen LogP contribution is 2.58. The Labute approximate surface area is 187 Å². The predicted octanol–water partition coefficient (Wildman–Crippen LogP) is 3.51. The van der Waals surface area contributed by atoms with E-state index in [4.69, 9.17) is 4.74 Å². The third-order valence-corrected chi connectivity index (χ3v) is 6.75. The second kappa shape index (κ2) is 6.20. The largest absolute Gasteiger partial charge is 0.507 e. The van der Waals surface area contributed by atoms with Crippen molar-refractivity contribution in [3.05, 3.63) is 76.3 Å². The maximum Gasteiger partial charge on any atom is 0.337 e. The Morgan fingerprint density at radius 1 is 0.970 bits per heavy atom. The van der Waals surface area contributed by atoms with Crippen LogP contribution in [0.5, 0.6) is 11.5 Å². The van der Waals surface area contributed by atoms with Crippen LogP contribution in [0.3, 0.4) is 0 Å². The molecule has 33 heavy (non-hydrogen) atoms. The van der Waals surface area contributed by atoms with E-state index in [1.54, 1.807) is 31.2 Å². The van der Waals surface area contributed by atoms with Crippen molar-refractivity contribution in [1.29, 1.82) is 0 Å². The molecular weight excluding hydrogens is 426 g/mol. The number of carbonyl (C=O) groups excluding carboxylic acids is 2.